The summed E-state index contributed by atoms with van der Waals surface area (Å²) in [7, 11) is -3.83. The molecule has 36 heavy (non-hydrogen) atoms. The Labute approximate surface area is 212 Å². The van der Waals surface area contributed by atoms with Crippen molar-refractivity contribution in [3.8, 4) is 0 Å². The third kappa shape index (κ3) is 4.02. The molecular weight excluding hydrogens is 504 g/mol. The average molecular weight is 531 g/mol. The third-order valence-electron chi connectivity index (χ3n) is 7.10. The third-order valence-corrected chi connectivity index (χ3v) is 9.97. The molecule has 0 saturated carbocycles. The van der Waals surface area contributed by atoms with Gasteiger partial charge in [0.05, 0.1) is 4.90 Å². The van der Waals surface area contributed by atoms with Gasteiger partial charge in [0.25, 0.3) is 5.91 Å². The van der Waals surface area contributed by atoms with Crippen LogP contribution in [0.15, 0.2) is 40.6 Å². The molecule has 1 N–H and O–H groups in total. The number of piperazine rings is 1. The fraction of sp³-hybridized carbons (Fsp3) is 0.417. The summed E-state index contributed by atoms with van der Waals surface area (Å²) in [6, 6.07) is 7.17. The molecule has 1 unspecified atom stereocenters. The number of ketones is 1. The Morgan fingerprint density at radius 3 is 2.58 bits per heavy atom. The minimum atomic E-state index is -3.83. The predicted octanol–water partition coefficient (Wildman–Crippen LogP) is 1.57. The number of benzene rings is 1. The summed E-state index contributed by atoms with van der Waals surface area (Å²) in [4.78, 5) is 54.3. The van der Waals surface area contributed by atoms with Crippen molar-refractivity contribution in [3.05, 3.63) is 51.7 Å². The second-order valence-electron chi connectivity index (χ2n) is 9.21. The molecule has 12 heteroatoms. The number of nitrogens with one attached hydrogen (secondary N) is 1. The van der Waals surface area contributed by atoms with Gasteiger partial charge in [-0.1, -0.05) is 12.1 Å². The second kappa shape index (κ2) is 9.09. The van der Waals surface area contributed by atoms with Crippen molar-refractivity contribution in [3.63, 3.8) is 0 Å². The molecule has 2 aliphatic heterocycles. The van der Waals surface area contributed by atoms with Crippen LogP contribution in [0.4, 0.5) is 4.79 Å². The zero-order valence-electron chi connectivity index (χ0n) is 19.7. The molecule has 5 rings (SSSR count). The van der Waals surface area contributed by atoms with Crippen molar-refractivity contribution in [2.45, 2.75) is 36.6 Å². The van der Waals surface area contributed by atoms with Gasteiger partial charge in [0, 0.05) is 42.2 Å². The highest BCUT2D eigenvalue weighted by Gasteiger charge is 2.54. The Kier molecular flexibility index (Phi) is 6.21. The SMILES string of the molecule is CC(=O)c1cccc(S(=O)(=O)N2CCN(C(=O)CN3C(=O)NC4(CCCc5sccc54)C3=O)CC2)c1. The van der Waals surface area contributed by atoms with Crippen molar-refractivity contribution in [2.24, 2.45) is 0 Å². The molecule has 1 spiro atoms. The number of carbonyl (C=O) groups excluding carboxylic acids is 4. The Bertz CT molecular complexity index is 1360. The van der Waals surface area contributed by atoms with Gasteiger partial charge in [-0.25, -0.2) is 13.2 Å². The summed E-state index contributed by atoms with van der Waals surface area (Å²) in [5.41, 5.74) is 0.0232. The molecule has 3 heterocycles. The van der Waals surface area contributed by atoms with Gasteiger partial charge >= 0.3 is 6.03 Å². The van der Waals surface area contributed by atoms with Crippen LogP contribution in [0, 0.1) is 0 Å². The van der Waals surface area contributed by atoms with Gasteiger partial charge in [0.15, 0.2) is 5.78 Å². The number of hydrogen-bond donors (Lipinski definition) is 1. The maximum absolute atomic E-state index is 13.4. The molecule has 10 nitrogen and oxygen atoms in total. The average Bonchev–Trinajstić information content (AvgIpc) is 3.44. The zero-order valence-corrected chi connectivity index (χ0v) is 21.4. The molecule has 2 fully saturated rings. The number of aryl methyl sites for hydroxylation is 1. The van der Waals surface area contributed by atoms with Crippen LogP contribution in [0.2, 0.25) is 0 Å². The quantitative estimate of drug-likeness (QED) is 0.462. The first-order chi connectivity index (χ1) is 17.1. The highest BCUT2D eigenvalue weighted by Crippen LogP contribution is 2.42. The first-order valence-corrected chi connectivity index (χ1v) is 14.1. The Morgan fingerprint density at radius 1 is 1.11 bits per heavy atom. The second-order valence-corrected chi connectivity index (χ2v) is 12.1. The lowest BCUT2D eigenvalue weighted by atomic mass is 9.80. The maximum atomic E-state index is 13.4. The minimum absolute atomic E-state index is 0.0277. The van der Waals surface area contributed by atoms with Gasteiger partial charge in [-0.2, -0.15) is 4.31 Å². The fourth-order valence-electron chi connectivity index (χ4n) is 5.12. The predicted molar refractivity (Wildman–Crippen MR) is 131 cm³/mol. The maximum Gasteiger partial charge on any atom is 0.325 e. The Morgan fingerprint density at radius 2 is 1.86 bits per heavy atom. The van der Waals surface area contributed by atoms with E-state index in [2.05, 4.69) is 5.32 Å². The molecule has 190 valence electrons. The smallest absolute Gasteiger partial charge is 0.325 e. The number of Topliss-reactive ketones (excluding diaryl/α,β-unsaturated/α-hetero) is 1. The summed E-state index contributed by atoms with van der Waals surface area (Å²) in [5.74, 6) is -1.05. The highest BCUT2D eigenvalue weighted by molar-refractivity contribution is 7.89. The van der Waals surface area contributed by atoms with Crippen LogP contribution < -0.4 is 5.32 Å². The lowest BCUT2D eigenvalue weighted by Crippen LogP contribution is -2.53. The molecule has 1 aromatic carbocycles. The number of amides is 4. The van der Waals surface area contributed by atoms with Crippen LogP contribution in [0.1, 0.15) is 40.6 Å². The first-order valence-electron chi connectivity index (χ1n) is 11.7. The van der Waals surface area contributed by atoms with Crippen LogP contribution in [0.5, 0.6) is 0 Å². The van der Waals surface area contributed by atoms with Crippen LogP contribution in [-0.2, 0) is 31.6 Å². The number of sulfonamides is 1. The number of thiophene rings is 1. The van der Waals surface area contributed by atoms with Crippen LogP contribution >= 0.6 is 11.3 Å². The van der Waals surface area contributed by atoms with E-state index in [9.17, 15) is 27.6 Å². The summed E-state index contributed by atoms with van der Waals surface area (Å²) in [6.07, 6.45) is 2.13. The molecule has 1 aliphatic carbocycles. The van der Waals surface area contributed by atoms with Crippen molar-refractivity contribution < 1.29 is 27.6 Å². The molecule has 0 bridgehead atoms. The van der Waals surface area contributed by atoms with E-state index in [1.807, 2.05) is 11.4 Å². The standard InChI is InChI=1S/C24H26N4O6S2/c1-16(29)17-4-2-5-18(14-17)36(33,34)27-11-9-26(10-12-27)21(30)15-28-22(31)24(25-23(28)32)8-3-6-20-19(24)7-13-35-20/h2,4-5,7,13-14H,3,6,8-12,15H2,1H3,(H,25,32). The van der Waals surface area contributed by atoms with E-state index < -0.39 is 33.4 Å². The number of nitrogens with zero attached hydrogens (tertiary/aromatic N) is 3. The number of imide groups is 1. The Hall–Kier alpha value is -3.09. The van der Waals surface area contributed by atoms with Crippen molar-refractivity contribution in [1.82, 2.24) is 19.4 Å². The van der Waals surface area contributed by atoms with E-state index in [1.165, 1.54) is 34.3 Å². The summed E-state index contributed by atoms with van der Waals surface area (Å²) in [5, 5.41) is 4.75. The lowest BCUT2D eigenvalue weighted by Gasteiger charge is -2.34. The van der Waals surface area contributed by atoms with Gasteiger partial charge in [0.1, 0.15) is 12.1 Å². The van der Waals surface area contributed by atoms with Gasteiger partial charge in [-0.05, 0) is 49.8 Å². The van der Waals surface area contributed by atoms with Gasteiger partial charge < -0.3 is 10.2 Å². The molecule has 2 aromatic rings. The van der Waals surface area contributed by atoms with Crippen LogP contribution in [0.25, 0.3) is 0 Å². The fourth-order valence-corrected chi connectivity index (χ4v) is 7.59. The molecule has 2 saturated heterocycles. The summed E-state index contributed by atoms with van der Waals surface area (Å²) in [6.45, 7) is 1.39. The number of hydrogen-bond acceptors (Lipinski definition) is 7. The number of urea groups is 1. The number of rotatable bonds is 5. The van der Waals surface area contributed by atoms with Crippen molar-refractivity contribution >= 4 is 45.0 Å². The molecular formula is C24H26N4O6S2. The number of carbonyl (C=O) groups is 4. The van der Waals surface area contributed by atoms with E-state index >= 15 is 0 Å². The zero-order chi connectivity index (χ0) is 25.7. The Balaban J connectivity index is 1.24. The highest BCUT2D eigenvalue weighted by atomic mass is 32.2. The first kappa shape index (κ1) is 24.6. The van der Waals surface area contributed by atoms with Crippen molar-refractivity contribution in [2.75, 3.05) is 32.7 Å². The monoisotopic (exact) mass is 530 g/mol. The van der Waals surface area contributed by atoms with Crippen LogP contribution in [-0.4, -0.2) is 78.9 Å². The van der Waals surface area contributed by atoms with Crippen LogP contribution in [0.3, 0.4) is 0 Å². The van der Waals surface area contributed by atoms with Crippen molar-refractivity contribution in [1.29, 1.82) is 0 Å². The topological polar surface area (TPSA) is 124 Å². The van der Waals surface area contributed by atoms with E-state index in [1.54, 1.807) is 17.4 Å². The van der Waals surface area contributed by atoms with Gasteiger partial charge in [-0.3, -0.25) is 19.3 Å². The normalized spacial score (nSPS) is 22.6. The lowest BCUT2D eigenvalue weighted by molar-refractivity contribution is -0.140. The van der Waals surface area contributed by atoms with Gasteiger partial charge in [-0.15, -0.1) is 11.3 Å². The van der Waals surface area contributed by atoms with Gasteiger partial charge in [0.2, 0.25) is 15.9 Å². The molecule has 4 amide bonds. The summed E-state index contributed by atoms with van der Waals surface area (Å²) < 4.78 is 27.4. The van der Waals surface area contributed by atoms with E-state index in [0.717, 1.165) is 28.2 Å². The summed E-state index contributed by atoms with van der Waals surface area (Å²) >= 11 is 1.56. The minimum Gasteiger partial charge on any atom is -0.338 e. The molecule has 1 aromatic heterocycles. The molecule has 1 atom stereocenters. The van der Waals surface area contributed by atoms with E-state index in [4.69, 9.17) is 0 Å². The molecule has 3 aliphatic rings. The molecule has 0 radical (unpaired) electrons. The largest absolute Gasteiger partial charge is 0.338 e. The number of fused-ring (bicyclic) bond motifs is 2. The van der Waals surface area contributed by atoms with E-state index in [0.29, 0.717) is 12.0 Å². The van der Waals surface area contributed by atoms with E-state index in [-0.39, 0.29) is 43.4 Å².